The van der Waals surface area contributed by atoms with Gasteiger partial charge in [-0.05, 0) is 63.4 Å². The second kappa shape index (κ2) is 6.25. The fourth-order valence-electron chi connectivity index (χ4n) is 3.34. The Bertz CT molecular complexity index is 472. The van der Waals surface area contributed by atoms with E-state index in [4.69, 9.17) is 10.5 Å². The van der Waals surface area contributed by atoms with E-state index in [0.717, 1.165) is 13.0 Å². The van der Waals surface area contributed by atoms with E-state index in [2.05, 4.69) is 51.8 Å². The molecule has 2 N–H and O–H groups in total. The predicted molar refractivity (Wildman–Crippen MR) is 84.0 cm³/mol. The molecule has 1 heterocycles. The summed E-state index contributed by atoms with van der Waals surface area (Å²) in [5.41, 5.74) is 11.5. The summed E-state index contributed by atoms with van der Waals surface area (Å²) in [5, 5.41) is 0. The number of ether oxygens (including phenoxy) is 1. The molecule has 1 aromatic rings. The summed E-state index contributed by atoms with van der Waals surface area (Å²) in [6.07, 6.45) is 1.39. The highest BCUT2D eigenvalue weighted by Gasteiger charge is 2.32. The number of hydrogen-bond acceptors (Lipinski definition) is 3. The average Bonchev–Trinajstić information content (AvgIpc) is 2.82. The van der Waals surface area contributed by atoms with Crippen molar-refractivity contribution in [1.82, 2.24) is 4.90 Å². The Labute approximate surface area is 123 Å². The van der Waals surface area contributed by atoms with E-state index in [1.54, 1.807) is 0 Å². The van der Waals surface area contributed by atoms with Gasteiger partial charge in [0.1, 0.15) is 0 Å². The molecule has 0 radical (unpaired) electrons. The van der Waals surface area contributed by atoms with Gasteiger partial charge in [0.25, 0.3) is 0 Å². The van der Waals surface area contributed by atoms with Gasteiger partial charge in [0.2, 0.25) is 0 Å². The van der Waals surface area contributed by atoms with Crippen molar-refractivity contribution in [3.63, 3.8) is 0 Å². The van der Waals surface area contributed by atoms with Crippen LogP contribution in [0.4, 0.5) is 0 Å². The predicted octanol–water partition coefficient (Wildman–Crippen LogP) is 2.72. The summed E-state index contributed by atoms with van der Waals surface area (Å²) in [6, 6.07) is 5.31. The number of likely N-dealkylation sites (N-methyl/N-ethyl adjacent to an activating group) is 1. The molecule has 1 saturated heterocycles. The van der Waals surface area contributed by atoms with Gasteiger partial charge in [0.05, 0.1) is 6.10 Å². The molecule has 0 aromatic heterocycles. The van der Waals surface area contributed by atoms with E-state index in [9.17, 15) is 0 Å². The maximum absolute atomic E-state index is 6.09. The molecule has 1 aromatic carbocycles. The largest absolute Gasteiger partial charge is 0.377 e. The molecule has 3 unspecified atom stereocenters. The number of hydrogen-bond donors (Lipinski definition) is 1. The third-order valence-electron chi connectivity index (χ3n) is 4.82. The highest BCUT2D eigenvalue weighted by atomic mass is 16.5. The molecule has 1 fully saturated rings. The van der Waals surface area contributed by atoms with Gasteiger partial charge in [-0.2, -0.15) is 0 Å². The molecule has 0 amide bonds. The van der Waals surface area contributed by atoms with Gasteiger partial charge in [-0.15, -0.1) is 0 Å². The van der Waals surface area contributed by atoms with Crippen molar-refractivity contribution in [2.24, 2.45) is 5.73 Å². The molecule has 0 spiro atoms. The van der Waals surface area contributed by atoms with Crippen molar-refractivity contribution in [2.45, 2.75) is 52.3 Å². The number of aryl methyl sites for hydroxylation is 3. The molecule has 2 rings (SSSR count). The summed E-state index contributed by atoms with van der Waals surface area (Å²) in [4.78, 5) is 2.41. The van der Waals surface area contributed by atoms with Crippen LogP contribution in [0.15, 0.2) is 12.1 Å². The molecule has 3 atom stereocenters. The van der Waals surface area contributed by atoms with Gasteiger partial charge in [-0.25, -0.2) is 0 Å². The second-order valence-electron chi connectivity index (χ2n) is 6.14. The molecule has 0 saturated carbocycles. The van der Waals surface area contributed by atoms with E-state index < -0.39 is 0 Å². The van der Waals surface area contributed by atoms with Crippen LogP contribution in [-0.4, -0.2) is 37.2 Å². The zero-order valence-electron chi connectivity index (χ0n) is 13.4. The minimum atomic E-state index is 0.267. The average molecular weight is 276 g/mol. The van der Waals surface area contributed by atoms with Gasteiger partial charge in [0.15, 0.2) is 0 Å². The molecule has 1 aliphatic heterocycles. The fourth-order valence-corrected chi connectivity index (χ4v) is 3.34. The monoisotopic (exact) mass is 276 g/mol. The first-order valence-electron chi connectivity index (χ1n) is 7.57. The summed E-state index contributed by atoms with van der Waals surface area (Å²) in [5.74, 6) is 0. The summed E-state index contributed by atoms with van der Waals surface area (Å²) >= 11 is 0. The maximum Gasteiger partial charge on any atom is 0.0703 e. The lowest BCUT2D eigenvalue weighted by molar-refractivity contribution is 0.0685. The molecule has 0 aliphatic carbocycles. The molecule has 0 bridgehead atoms. The zero-order valence-corrected chi connectivity index (χ0v) is 13.4. The number of rotatable bonds is 4. The number of nitrogens with zero attached hydrogens (tertiary/aromatic N) is 1. The van der Waals surface area contributed by atoms with Crippen LogP contribution < -0.4 is 5.73 Å². The number of nitrogens with two attached hydrogens (primary N) is 1. The molecular formula is C17H28N2O. The van der Waals surface area contributed by atoms with E-state index >= 15 is 0 Å². The summed E-state index contributed by atoms with van der Waals surface area (Å²) < 4.78 is 5.71. The summed E-state index contributed by atoms with van der Waals surface area (Å²) in [6.45, 7) is 10.2. The lowest BCUT2D eigenvalue weighted by Gasteiger charge is -2.35. The molecule has 3 nitrogen and oxygen atoms in total. The van der Waals surface area contributed by atoms with Crippen LogP contribution in [0.25, 0.3) is 0 Å². The molecule has 1 aliphatic rings. The Morgan fingerprint density at radius 3 is 2.45 bits per heavy atom. The maximum atomic E-state index is 6.09. The topological polar surface area (TPSA) is 38.5 Å². The Morgan fingerprint density at radius 2 is 1.90 bits per heavy atom. The quantitative estimate of drug-likeness (QED) is 0.919. The number of benzene rings is 1. The van der Waals surface area contributed by atoms with Gasteiger partial charge in [-0.3, -0.25) is 4.90 Å². The first-order valence-corrected chi connectivity index (χ1v) is 7.57. The van der Waals surface area contributed by atoms with Gasteiger partial charge >= 0.3 is 0 Å². The van der Waals surface area contributed by atoms with Crippen molar-refractivity contribution in [3.05, 3.63) is 34.4 Å². The standard InChI is InChI=1S/C17H28N2O/c1-11-8-13(3)15(9-12(11)2)17(10-18)19(5)16-6-7-20-14(16)4/h8-9,14,16-17H,6-7,10,18H2,1-5H3. The highest BCUT2D eigenvalue weighted by Crippen LogP contribution is 2.30. The van der Waals surface area contributed by atoms with Crippen molar-refractivity contribution >= 4 is 0 Å². The first kappa shape index (κ1) is 15.5. The smallest absolute Gasteiger partial charge is 0.0703 e. The minimum absolute atomic E-state index is 0.267. The fraction of sp³-hybridized carbons (Fsp3) is 0.647. The molecular weight excluding hydrogens is 248 g/mol. The van der Waals surface area contributed by atoms with Gasteiger partial charge < -0.3 is 10.5 Å². The van der Waals surface area contributed by atoms with Crippen molar-refractivity contribution in [3.8, 4) is 0 Å². The lowest BCUT2D eigenvalue weighted by Crippen LogP contribution is -2.42. The first-order chi connectivity index (χ1) is 9.45. The van der Waals surface area contributed by atoms with Gasteiger partial charge in [0, 0.05) is 25.2 Å². The molecule has 20 heavy (non-hydrogen) atoms. The third-order valence-corrected chi connectivity index (χ3v) is 4.82. The SMILES string of the molecule is Cc1cc(C)c(C(CN)N(C)C2CCOC2C)cc1C. The Balaban J connectivity index is 2.30. The van der Waals surface area contributed by atoms with Crippen LogP contribution in [0.3, 0.4) is 0 Å². The van der Waals surface area contributed by atoms with Crippen LogP contribution >= 0.6 is 0 Å². The van der Waals surface area contributed by atoms with Crippen molar-refractivity contribution in [2.75, 3.05) is 20.2 Å². The molecule has 112 valence electrons. The lowest BCUT2D eigenvalue weighted by atomic mass is 9.93. The van der Waals surface area contributed by atoms with E-state index in [1.807, 2.05) is 0 Å². The van der Waals surface area contributed by atoms with Crippen LogP contribution in [-0.2, 0) is 4.74 Å². The normalized spacial score (nSPS) is 24.4. The second-order valence-corrected chi connectivity index (χ2v) is 6.14. The van der Waals surface area contributed by atoms with Crippen LogP contribution in [0.2, 0.25) is 0 Å². The third kappa shape index (κ3) is 2.90. The zero-order chi connectivity index (χ0) is 14.9. The highest BCUT2D eigenvalue weighted by molar-refractivity contribution is 5.38. The van der Waals surface area contributed by atoms with E-state index in [1.165, 1.54) is 22.3 Å². The summed E-state index contributed by atoms with van der Waals surface area (Å²) in [7, 11) is 2.18. The van der Waals surface area contributed by atoms with Crippen molar-refractivity contribution in [1.29, 1.82) is 0 Å². The Kier molecular flexibility index (Phi) is 4.84. The molecule has 3 heteroatoms. The van der Waals surface area contributed by atoms with Crippen LogP contribution in [0, 0.1) is 20.8 Å². The Hall–Kier alpha value is -0.900. The van der Waals surface area contributed by atoms with E-state index in [0.29, 0.717) is 18.7 Å². The van der Waals surface area contributed by atoms with Gasteiger partial charge in [-0.1, -0.05) is 12.1 Å². The van der Waals surface area contributed by atoms with Crippen molar-refractivity contribution < 1.29 is 4.74 Å². The Morgan fingerprint density at radius 1 is 1.25 bits per heavy atom. The minimum Gasteiger partial charge on any atom is -0.377 e. The van der Waals surface area contributed by atoms with Crippen LogP contribution in [0.1, 0.15) is 41.6 Å². The van der Waals surface area contributed by atoms with E-state index in [-0.39, 0.29) is 6.04 Å². The van der Waals surface area contributed by atoms with Crippen LogP contribution in [0.5, 0.6) is 0 Å².